The van der Waals surface area contributed by atoms with Gasteiger partial charge in [-0.15, -0.1) is 12.4 Å². The number of carbonyl (C=O) groups excluding carboxylic acids is 1. The number of nitrogens with two attached hydrogens (primary N) is 2. The van der Waals surface area contributed by atoms with E-state index in [1.54, 1.807) is 13.0 Å². The minimum absolute atomic E-state index is 0. The van der Waals surface area contributed by atoms with Crippen molar-refractivity contribution < 1.29 is 4.79 Å². The zero-order valence-corrected chi connectivity index (χ0v) is 9.28. The van der Waals surface area contributed by atoms with Gasteiger partial charge in [0.1, 0.15) is 5.82 Å². The van der Waals surface area contributed by atoms with E-state index < -0.39 is 5.91 Å². The molecule has 0 radical (unpaired) electrons. The average molecular weight is 267 g/mol. The Hall–Kier alpha value is -0.810. The molecule has 1 aromatic rings. The van der Waals surface area contributed by atoms with Crippen molar-refractivity contribution in [3.63, 3.8) is 0 Å². The van der Waals surface area contributed by atoms with E-state index in [4.69, 9.17) is 11.5 Å². The molecule has 0 saturated heterocycles. The van der Waals surface area contributed by atoms with Gasteiger partial charge in [0, 0.05) is 4.47 Å². The van der Waals surface area contributed by atoms with Crippen molar-refractivity contribution in [2.45, 2.75) is 6.92 Å². The summed E-state index contributed by atoms with van der Waals surface area (Å²) < 4.78 is 0.727. The Morgan fingerprint density at radius 1 is 1.62 bits per heavy atom. The molecule has 1 amide bonds. The average Bonchev–Trinajstić information content (AvgIpc) is 1.96. The van der Waals surface area contributed by atoms with Gasteiger partial charge in [0.25, 0.3) is 5.91 Å². The van der Waals surface area contributed by atoms with Crippen LogP contribution in [-0.2, 0) is 0 Å². The Balaban J connectivity index is 0.00000144. The summed E-state index contributed by atoms with van der Waals surface area (Å²) in [4.78, 5) is 14.7. The molecule has 0 saturated carbocycles. The van der Waals surface area contributed by atoms with Crippen LogP contribution in [0.2, 0.25) is 0 Å². The van der Waals surface area contributed by atoms with Crippen molar-refractivity contribution in [1.82, 2.24) is 4.98 Å². The van der Waals surface area contributed by atoms with Crippen LogP contribution in [0.25, 0.3) is 0 Å². The van der Waals surface area contributed by atoms with Crippen molar-refractivity contribution in [3.05, 3.63) is 21.8 Å². The molecule has 0 unspecified atom stereocenters. The summed E-state index contributed by atoms with van der Waals surface area (Å²) in [7, 11) is 0. The van der Waals surface area contributed by atoms with Crippen molar-refractivity contribution in [2.75, 3.05) is 5.73 Å². The number of hydrogen-bond acceptors (Lipinski definition) is 3. The summed E-state index contributed by atoms with van der Waals surface area (Å²) in [5, 5.41) is 0. The molecule has 6 heteroatoms. The number of amides is 1. The molecule has 72 valence electrons. The molecule has 0 bridgehead atoms. The number of rotatable bonds is 1. The fourth-order valence-corrected chi connectivity index (χ4v) is 1.11. The van der Waals surface area contributed by atoms with Crippen molar-refractivity contribution >= 4 is 40.1 Å². The van der Waals surface area contributed by atoms with Crippen LogP contribution in [0.3, 0.4) is 0 Å². The molecule has 0 aliphatic rings. The number of anilines is 1. The quantitative estimate of drug-likeness (QED) is 0.803. The van der Waals surface area contributed by atoms with Gasteiger partial charge < -0.3 is 11.5 Å². The van der Waals surface area contributed by atoms with E-state index in [0.29, 0.717) is 0 Å². The summed E-state index contributed by atoms with van der Waals surface area (Å²) in [5.41, 5.74) is 11.5. The number of nitrogens with zero attached hydrogens (tertiary/aromatic N) is 1. The molecule has 4 nitrogen and oxygen atoms in total. The number of nitrogen functional groups attached to an aromatic ring is 1. The van der Waals surface area contributed by atoms with E-state index in [0.717, 1.165) is 10.2 Å². The van der Waals surface area contributed by atoms with E-state index >= 15 is 0 Å². The SMILES string of the molecule is Cc1nc(N)c(C(N)=O)cc1Br.Cl. The summed E-state index contributed by atoms with van der Waals surface area (Å²) in [5.74, 6) is -0.399. The summed E-state index contributed by atoms with van der Waals surface area (Å²) in [6.07, 6.45) is 0. The largest absolute Gasteiger partial charge is 0.383 e. The minimum atomic E-state index is -0.569. The van der Waals surface area contributed by atoms with Crippen molar-refractivity contribution in [2.24, 2.45) is 5.73 Å². The third-order valence-corrected chi connectivity index (χ3v) is 2.25. The van der Waals surface area contributed by atoms with E-state index in [1.165, 1.54) is 0 Å². The van der Waals surface area contributed by atoms with Crippen LogP contribution in [-0.4, -0.2) is 10.9 Å². The van der Waals surface area contributed by atoms with E-state index in [1.807, 2.05) is 0 Å². The normalized spacial score (nSPS) is 9.08. The lowest BCUT2D eigenvalue weighted by Gasteiger charge is -2.03. The van der Waals surface area contributed by atoms with Crippen LogP contribution in [0.4, 0.5) is 5.82 Å². The molecule has 0 aromatic carbocycles. The number of aryl methyl sites for hydroxylation is 1. The summed E-state index contributed by atoms with van der Waals surface area (Å²) >= 11 is 3.22. The summed E-state index contributed by atoms with van der Waals surface area (Å²) in [6.45, 7) is 1.78. The van der Waals surface area contributed by atoms with Crippen molar-refractivity contribution in [3.8, 4) is 0 Å². The highest BCUT2D eigenvalue weighted by molar-refractivity contribution is 9.10. The predicted molar refractivity (Wildman–Crippen MR) is 56.9 cm³/mol. The maximum atomic E-state index is 10.8. The number of primary amides is 1. The van der Waals surface area contributed by atoms with Gasteiger partial charge in [-0.3, -0.25) is 4.79 Å². The van der Waals surface area contributed by atoms with Gasteiger partial charge in [0.2, 0.25) is 0 Å². The first-order valence-corrected chi connectivity index (χ1v) is 4.04. The molecule has 1 rings (SSSR count). The standard InChI is InChI=1S/C7H8BrN3O.ClH/c1-3-5(8)2-4(7(10)12)6(9)11-3;/h2H,1H3,(H2,9,11)(H2,10,12);1H. The number of pyridine rings is 1. The third-order valence-electron chi connectivity index (χ3n) is 1.45. The number of aromatic nitrogens is 1. The predicted octanol–water partition coefficient (Wildman–Crippen LogP) is 1.26. The first-order valence-electron chi connectivity index (χ1n) is 3.25. The Morgan fingerprint density at radius 2 is 2.15 bits per heavy atom. The van der Waals surface area contributed by atoms with Gasteiger partial charge in [-0.2, -0.15) is 0 Å². The lowest BCUT2D eigenvalue weighted by Crippen LogP contribution is -2.14. The van der Waals surface area contributed by atoms with Crippen LogP contribution < -0.4 is 11.5 Å². The van der Waals surface area contributed by atoms with Gasteiger partial charge in [0.15, 0.2) is 0 Å². The van der Waals surface area contributed by atoms with E-state index in [-0.39, 0.29) is 23.8 Å². The molecular weight excluding hydrogens is 257 g/mol. The topological polar surface area (TPSA) is 82.0 Å². The third kappa shape index (κ3) is 2.57. The lowest BCUT2D eigenvalue weighted by molar-refractivity contribution is 0.100. The fourth-order valence-electron chi connectivity index (χ4n) is 0.797. The Morgan fingerprint density at radius 3 is 2.62 bits per heavy atom. The molecule has 0 fully saturated rings. The van der Waals surface area contributed by atoms with Crippen LogP contribution in [0.5, 0.6) is 0 Å². The highest BCUT2D eigenvalue weighted by Gasteiger charge is 2.09. The number of hydrogen-bond donors (Lipinski definition) is 2. The second-order valence-corrected chi connectivity index (χ2v) is 3.21. The molecule has 1 heterocycles. The van der Waals surface area contributed by atoms with E-state index in [2.05, 4.69) is 20.9 Å². The smallest absolute Gasteiger partial charge is 0.252 e. The Kier molecular flexibility index (Phi) is 4.16. The van der Waals surface area contributed by atoms with Crippen LogP contribution in [0, 0.1) is 6.92 Å². The Bertz CT molecular complexity index is 343. The van der Waals surface area contributed by atoms with Gasteiger partial charge in [-0.1, -0.05) is 0 Å². The molecule has 0 spiro atoms. The highest BCUT2D eigenvalue weighted by atomic mass is 79.9. The lowest BCUT2D eigenvalue weighted by atomic mass is 10.2. The molecular formula is C7H9BrClN3O. The van der Waals surface area contributed by atoms with Crippen LogP contribution in [0.1, 0.15) is 16.1 Å². The maximum Gasteiger partial charge on any atom is 0.252 e. The summed E-state index contributed by atoms with van der Waals surface area (Å²) in [6, 6.07) is 1.57. The minimum Gasteiger partial charge on any atom is -0.383 e. The first kappa shape index (κ1) is 12.2. The monoisotopic (exact) mass is 265 g/mol. The highest BCUT2D eigenvalue weighted by Crippen LogP contribution is 2.19. The van der Waals surface area contributed by atoms with Gasteiger partial charge in [-0.25, -0.2) is 4.98 Å². The van der Waals surface area contributed by atoms with Gasteiger partial charge >= 0.3 is 0 Å². The number of carbonyl (C=O) groups is 1. The Labute approximate surface area is 90.2 Å². The molecule has 0 aliphatic heterocycles. The molecule has 1 aromatic heterocycles. The zero-order valence-electron chi connectivity index (χ0n) is 6.87. The van der Waals surface area contributed by atoms with Crippen molar-refractivity contribution in [1.29, 1.82) is 0 Å². The second-order valence-electron chi connectivity index (χ2n) is 2.35. The van der Waals surface area contributed by atoms with Crippen LogP contribution in [0.15, 0.2) is 10.5 Å². The number of halogens is 2. The first-order chi connectivity index (χ1) is 5.52. The fraction of sp³-hybridized carbons (Fsp3) is 0.143. The molecule has 0 aliphatic carbocycles. The maximum absolute atomic E-state index is 10.8. The second kappa shape index (κ2) is 4.43. The zero-order chi connectivity index (χ0) is 9.30. The molecule has 0 atom stereocenters. The molecule has 4 N–H and O–H groups in total. The van der Waals surface area contributed by atoms with Crippen LogP contribution >= 0.6 is 28.3 Å². The molecule has 13 heavy (non-hydrogen) atoms. The van der Waals surface area contributed by atoms with Gasteiger partial charge in [0.05, 0.1) is 11.3 Å². The van der Waals surface area contributed by atoms with E-state index in [9.17, 15) is 4.79 Å². The van der Waals surface area contributed by atoms with Gasteiger partial charge in [-0.05, 0) is 28.9 Å².